The fourth-order valence-electron chi connectivity index (χ4n) is 1.95. The van der Waals surface area contributed by atoms with Gasteiger partial charge in [-0.15, -0.1) is 11.3 Å². The summed E-state index contributed by atoms with van der Waals surface area (Å²) in [4.78, 5) is 8.69. The molecular weight excluding hydrogens is 248 g/mol. The summed E-state index contributed by atoms with van der Waals surface area (Å²) in [5.41, 5.74) is 4.14. The molecule has 0 radical (unpaired) electrons. The maximum absolute atomic E-state index is 4.59. The van der Waals surface area contributed by atoms with Gasteiger partial charge in [-0.1, -0.05) is 0 Å². The van der Waals surface area contributed by atoms with E-state index in [1.807, 2.05) is 31.0 Å². The van der Waals surface area contributed by atoms with Crippen molar-refractivity contribution in [2.24, 2.45) is 7.05 Å². The standard InChI is InChI=1S/C11H12N6S/c1-6-9(7(2)17(3)16-6)8-4-18-11(14-8)10-12-5-13-15-10/h4-5H,1-3H3,(H,12,13,15). The van der Waals surface area contributed by atoms with E-state index in [1.165, 1.54) is 6.33 Å². The van der Waals surface area contributed by atoms with Crippen LogP contribution in [0.3, 0.4) is 0 Å². The summed E-state index contributed by atoms with van der Waals surface area (Å²) in [6, 6.07) is 0. The van der Waals surface area contributed by atoms with Gasteiger partial charge >= 0.3 is 0 Å². The van der Waals surface area contributed by atoms with Crippen LogP contribution < -0.4 is 0 Å². The highest BCUT2D eigenvalue weighted by Gasteiger charge is 2.15. The fraction of sp³-hybridized carbons (Fsp3) is 0.273. The molecule has 0 aliphatic rings. The number of nitrogens with zero attached hydrogens (tertiary/aromatic N) is 5. The number of aromatic nitrogens is 6. The van der Waals surface area contributed by atoms with Gasteiger partial charge in [0.05, 0.1) is 11.4 Å². The van der Waals surface area contributed by atoms with Gasteiger partial charge in [-0.05, 0) is 13.8 Å². The Morgan fingerprint density at radius 2 is 2.17 bits per heavy atom. The Kier molecular flexibility index (Phi) is 2.48. The molecule has 0 unspecified atom stereocenters. The molecule has 3 aromatic rings. The zero-order valence-corrected chi connectivity index (χ0v) is 11.1. The lowest BCUT2D eigenvalue weighted by Crippen LogP contribution is -1.92. The first-order valence-corrected chi connectivity index (χ1v) is 6.36. The zero-order chi connectivity index (χ0) is 12.7. The van der Waals surface area contributed by atoms with Crippen LogP contribution in [0.1, 0.15) is 11.4 Å². The predicted octanol–water partition coefficient (Wildman–Crippen LogP) is 1.95. The molecule has 0 aromatic carbocycles. The molecule has 92 valence electrons. The quantitative estimate of drug-likeness (QED) is 0.764. The highest BCUT2D eigenvalue weighted by molar-refractivity contribution is 7.13. The molecule has 0 fully saturated rings. The minimum atomic E-state index is 0.699. The Bertz CT molecular complexity index is 679. The van der Waals surface area contributed by atoms with Crippen molar-refractivity contribution in [3.8, 4) is 22.1 Å². The Labute approximate surface area is 108 Å². The molecule has 1 N–H and O–H groups in total. The van der Waals surface area contributed by atoms with E-state index in [9.17, 15) is 0 Å². The van der Waals surface area contributed by atoms with Crippen LogP contribution in [0.4, 0.5) is 0 Å². The molecule has 7 heteroatoms. The first-order valence-electron chi connectivity index (χ1n) is 5.48. The van der Waals surface area contributed by atoms with Crippen molar-refractivity contribution in [1.29, 1.82) is 0 Å². The van der Waals surface area contributed by atoms with Crippen LogP contribution in [0, 0.1) is 13.8 Å². The number of hydrogen-bond donors (Lipinski definition) is 1. The lowest BCUT2D eigenvalue weighted by molar-refractivity contribution is 0.731. The molecule has 0 aliphatic carbocycles. The summed E-state index contributed by atoms with van der Waals surface area (Å²) in [6.07, 6.45) is 1.48. The Hall–Kier alpha value is -2.02. The molecule has 0 atom stereocenters. The molecule has 0 bridgehead atoms. The molecule has 0 amide bonds. The number of nitrogens with one attached hydrogen (secondary N) is 1. The minimum Gasteiger partial charge on any atom is -0.272 e. The maximum Gasteiger partial charge on any atom is 0.184 e. The van der Waals surface area contributed by atoms with E-state index in [1.54, 1.807) is 11.3 Å². The monoisotopic (exact) mass is 260 g/mol. The molecule has 3 rings (SSSR count). The van der Waals surface area contributed by atoms with E-state index in [4.69, 9.17) is 0 Å². The SMILES string of the molecule is Cc1nn(C)c(C)c1-c1csc(-c2ncn[nH]2)n1. The molecule has 0 saturated heterocycles. The second-order valence-electron chi connectivity index (χ2n) is 4.04. The summed E-state index contributed by atoms with van der Waals surface area (Å²) in [6.45, 7) is 4.04. The van der Waals surface area contributed by atoms with Crippen molar-refractivity contribution in [3.63, 3.8) is 0 Å². The van der Waals surface area contributed by atoms with Gasteiger partial charge in [0.15, 0.2) is 10.8 Å². The first kappa shape index (κ1) is 11.1. The second kappa shape index (κ2) is 4.02. The maximum atomic E-state index is 4.59. The smallest absolute Gasteiger partial charge is 0.184 e. The highest BCUT2D eigenvalue weighted by Crippen LogP contribution is 2.30. The number of H-pyrrole nitrogens is 1. The van der Waals surface area contributed by atoms with Gasteiger partial charge in [0.2, 0.25) is 0 Å². The lowest BCUT2D eigenvalue weighted by atomic mass is 10.1. The molecular formula is C11H12N6S. The second-order valence-corrected chi connectivity index (χ2v) is 4.90. The molecule has 3 heterocycles. The normalized spacial score (nSPS) is 11.1. The average molecular weight is 260 g/mol. The molecule has 18 heavy (non-hydrogen) atoms. The number of aromatic amines is 1. The van der Waals surface area contributed by atoms with E-state index in [0.717, 1.165) is 27.7 Å². The molecule has 6 nitrogen and oxygen atoms in total. The topological polar surface area (TPSA) is 72.3 Å². The third kappa shape index (κ3) is 1.63. The Morgan fingerprint density at radius 1 is 1.33 bits per heavy atom. The van der Waals surface area contributed by atoms with E-state index < -0.39 is 0 Å². The van der Waals surface area contributed by atoms with Gasteiger partial charge < -0.3 is 0 Å². The van der Waals surface area contributed by atoms with Crippen LogP contribution in [-0.2, 0) is 7.05 Å². The molecule has 3 aromatic heterocycles. The van der Waals surface area contributed by atoms with Crippen molar-refractivity contribution in [1.82, 2.24) is 29.9 Å². The summed E-state index contributed by atoms with van der Waals surface area (Å²) in [7, 11) is 1.94. The van der Waals surface area contributed by atoms with Gasteiger partial charge in [0.25, 0.3) is 0 Å². The summed E-state index contributed by atoms with van der Waals surface area (Å²) < 4.78 is 1.87. The zero-order valence-electron chi connectivity index (χ0n) is 10.3. The van der Waals surface area contributed by atoms with E-state index >= 15 is 0 Å². The first-order chi connectivity index (χ1) is 8.66. The summed E-state index contributed by atoms with van der Waals surface area (Å²) >= 11 is 1.55. The lowest BCUT2D eigenvalue weighted by Gasteiger charge is -1.96. The third-order valence-corrected chi connectivity index (χ3v) is 3.74. The van der Waals surface area contributed by atoms with Crippen molar-refractivity contribution < 1.29 is 0 Å². The number of aryl methyl sites for hydroxylation is 2. The van der Waals surface area contributed by atoms with Crippen LogP contribution in [0.2, 0.25) is 0 Å². The van der Waals surface area contributed by atoms with Gasteiger partial charge in [0.1, 0.15) is 6.33 Å². The molecule has 0 spiro atoms. The molecule has 0 aliphatic heterocycles. The van der Waals surface area contributed by atoms with Crippen LogP contribution in [-0.4, -0.2) is 29.9 Å². The third-order valence-electron chi connectivity index (χ3n) is 2.89. The van der Waals surface area contributed by atoms with Crippen LogP contribution in [0.25, 0.3) is 22.1 Å². The Morgan fingerprint density at radius 3 is 2.78 bits per heavy atom. The van der Waals surface area contributed by atoms with Crippen molar-refractivity contribution in [2.75, 3.05) is 0 Å². The van der Waals surface area contributed by atoms with E-state index in [0.29, 0.717) is 5.82 Å². The predicted molar refractivity (Wildman–Crippen MR) is 69.2 cm³/mol. The Balaban J connectivity index is 2.08. The number of rotatable bonds is 2. The van der Waals surface area contributed by atoms with Crippen LogP contribution in [0.5, 0.6) is 0 Å². The van der Waals surface area contributed by atoms with Crippen molar-refractivity contribution in [3.05, 3.63) is 23.1 Å². The van der Waals surface area contributed by atoms with Gasteiger partial charge in [-0.3, -0.25) is 9.78 Å². The largest absolute Gasteiger partial charge is 0.272 e. The van der Waals surface area contributed by atoms with Gasteiger partial charge in [-0.2, -0.15) is 10.2 Å². The number of hydrogen-bond acceptors (Lipinski definition) is 5. The molecule has 0 saturated carbocycles. The summed E-state index contributed by atoms with van der Waals surface area (Å²) in [5.74, 6) is 0.699. The fourth-order valence-corrected chi connectivity index (χ4v) is 2.70. The van der Waals surface area contributed by atoms with Crippen LogP contribution in [0.15, 0.2) is 11.7 Å². The minimum absolute atomic E-state index is 0.699. The van der Waals surface area contributed by atoms with Crippen molar-refractivity contribution in [2.45, 2.75) is 13.8 Å². The van der Waals surface area contributed by atoms with E-state index in [-0.39, 0.29) is 0 Å². The average Bonchev–Trinajstić information content (AvgIpc) is 3.01. The van der Waals surface area contributed by atoms with Gasteiger partial charge in [0, 0.05) is 23.7 Å². The van der Waals surface area contributed by atoms with Crippen LogP contribution >= 0.6 is 11.3 Å². The van der Waals surface area contributed by atoms with Crippen molar-refractivity contribution >= 4 is 11.3 Å². The van der Waals surface area contributed by atoms with Gasteiger partial charge in [-0.25, -0.2) is 9.97 Å². The number of thiazole rings is 1. The highest BCUT2D eigenvalue weighted by atomic mass is 32.1. The summed E-state index contributed by atoms with van der Waals surface area (Å²) in [5, 5.41) is 13.9. The van der Waals surface area contributed by atoms with E-state index in [2.05, 4.69) is 25.3 Å².